The van der Waals surface area contributed by atoms with Gasteiger partial charge in [0.15, 0.2) is 0 Å². The summed E-state index contributed by atoms with van der Waals surface area (Å²) < 4.78 is 0. The summed E-state index contributed by atoms with van der Waals surface area (Å²) >= 11 is 0. The van der Waals surface area contributed by atoms with Crippen LogP contribution in [0.5, 0.6) is 0 Å². The molecule has 2 nitrogen and oxygen atoms in total. The topological polar surface area (TPSA) is 29.1 Å². The number of amides is 1. The van der Waals surface area contributed by atoms with Crippen LogP contribution in [0.25, 0.3) is 0 Å². The highest BCUT2D eigenvalue weighted by Crippen LogP contribution is 2.11. The van der Waals surface area contributed by atoms with Gasteiger partial charge in [-0.25, -0.2) is 0 Å². The SMILES string of the molecule is CCCCCCCC(CCCC)N[C]=O. The molecule has 0 saturated carbocycles. The van der Waals surface area contributed by atoms with Crippen LogP contribution in [-0.2, 0) is 4.79 Å². The first-order chi connectivity index (χ1) is 7.35. The summed E-state index contributed by atoms with van der Waals surface area (Å²) in [5, 5.41) is 2.80. The van der Waals surface area contributed by atoms with Gasteiger partial charge in [-0.15, -0.1) is 0 Å². The van der Waals surface area contributed by atoms with Crippen molar-refractivity contribution in [2.45, 2.75) is 77.7 Å². The largest absolute Gasteiger partial charge is 0.345 e. The Kier molecular flexibility index (Phi) is 11.1. The summed E-state index contributed by atoms with van der Waals surface area (Å²) in [6.45, 7) is 4.41. The van der Waals surface area contributed by atoms with E-state index in [4.69, 9.17) is 0 Å². The van der Waals surface area contributed by atoms with Crippen LogP contribution >= 0.6 is 0 Å². The quantitative estimate of drug-likeness (QED) is 0.412. The predicted molar refractivity (Wildman–Crippen MR) is 65.5 cm³/mol. The van der Waals surface area contributed by atoms with Crippen LogP contribution in [0.3, 0.4) is 0 Å². The molecule has 1 unspecified atom stereocenters. The van der Waals surface area contributed by atoms with Gasteiger partial charge in [-0.1, -0.05) is 58.8 Å². The third-order valence-corrected chi connectivity index (χ3v) is 2.83. The lowest BCUT2D eigenvalue weighted by Crippen LogP contribution is -2.27. The second-order valence-corrected chi connectivity index (χ2v) is 4.29. The van der Waals surface area contributed by atoms with Crippen LogP contribution in [-0.4, -0.2) is 12.5 Å². The predicted octanol–water partition coefficient (Wildman–Crippen LogP) is 3.56. The van der Waals surface area contributed by atoms with Gasteiger partial charge in [-0.3, -0.25) is 4.79 Å². The average Bonchev–Trinajstić information content (AvgIpc) is 2.25. The Hall–Kier alpha value is -0.530. The molecule has 0 aromatic rings. The number of hydrogen-bond acceptors (Lipinski definition) is 1. The van der Waals surface area contributed by atoms with Gasteiger partial charge in [0.05, 0.1) is 0 Å². The molecule has 2 heteroatoms. The summed E-state index contributed by atoms with van der Waals surface area (Å²) in [6, 6.07) is 0.365. The van der Waals surface area contributed by atoms with Crippen molar-refractivity contribution in [3.8, 4) is 0 Å². The molecule has 0 heterocycles. The Morgan fingerprint density at radius 3 is 2.13 bits per heavy atom. The minimum atomic E-state index is 0.365. The van der Waals surface area contributed by atoms with E-state index in [1.807, 2.05) is 6.41 Å². The van der Waals surface area contributed by atoms with E-state index in [-0.39, 0.29) is 0 Å². The van der Waals surface area contributed by atoms with Crippen molar-refractivity contribution in [3.63, 3.8) is 0 Å². The maximum absolute atomic E-state index is 10.3. The van der Waals surface area contributed by atoms with E-state index in [9.17, 15) is 4.79 Å². The van der Waals surface area contributed by atoms with Crippen molar-refractivity contribution < 1.29 is 4.79 Å². The fourth-order valence-corrected chi connectivity index (χ4v) is 1.82. The molecule has 0 aromatic carbocycles. The molecule has 0 aliphatic rings. The lowest BCUT2D eigenvalue weighted by Gasteiger charge is -2.14. The molecule has 0 aliphatic heterocycles. The summed E-state index contributed by atoms with van der Waals surface area (Å²) in [5.41, 5.74) is 0. The monoisotopic (exact) mass is 212 g/mol. The van der Waals surface area contributed by atoms with Crippen LogP contribution in [0.15, 0.2) is 0 Å². The summed E-state index contributed by atoms with van der Waals surface area (Å²) in [5.74, 6) is 0. The third-order valence-electron chi connectivity index (χ3n) is 2.83. The highest BCUT2D eigenvalue weighted by Gasteiger charge is 2.06. The van der Waals surface area contributed by atoms with E-state index < -0.39 is 0 Å². The number of nitrogens with one attached hydrogen (secondary N) is 1. The van der Waals surface area contributed by atoms with Crippen molar-refractivity contribution in [1.29, 1.82) is 0 Å². The number of hydrogen-bond donors (Lipinski definition) is 1. The zero-order valence-electron chi connectivity index (χ0n) is 10.3. The van der Waals surface area contributed by atoms with Gasteiger partial charge in [0.2, 0.25) is 0 Å². The van der Waals surface area contributed by atoms with Crippen molar-refractivity contribution in [2.75, 3.05) is 0 Å². The Morgan fingerprint density at radius 1 is 0.933 bits per heavy atom. The molecular formula is C13H26NO. The van der Waals surface area contributed by atoms with Gasteiger partial charge in [-0.05, 0) is 12.8 Å². The van der Waals surface area contributed by atoms with Gasteiger partial charge >= 0.3 is 6.41 Å². The maximum Gasteiger partial charge on any atom is 0.309 e. The second kappa shape index (κ2) is 11.5. The molecule has 1 N–H and O–H groups in total. The fraction of sp³-hybridized carbons (Fsp3) is 0.923. The normalized spacial score (nSPS) is 12.4. The Bertz CT molecular complexity index is 136. The molecule has 0 rings (SSSR count). The van der Waals surface area contributed by atoms with Crippen molar-refractivity contribution in [3.05, 3.63) is 0 Å². The molecule has 0 aromatic heterocycles. The summed E-state index contributed by atoms with van der Waals surface area (Å²) in [7, 11) is 0. The number of rotatable bonds is 11. The Labute approximate surface area is 94.8 Å². The van der Waals surface area contributed by atoms with E-state index in [2.05, 4.69) is 19.2 Å². The first-order valence-corrected chi connectivity index (χ1v) is 6.47. The molecule has 89 valence electrons. The number of carbonyl (C=O) groups excluding carboxylic acids is 1. The van der Waals surface area contributed by atoms with Gasteiger partial charge in [0, 0.05) is 6.04 Å². The third kappa shape index (κ3) is 9.77. The standard InChI is InChI=1S/C13H26NO/c1-3-5-7-8-9-11-13(14-12-15)10-6-4-2/h13H,3-11H2,1-2H3,(H,14,15). The molecule has 0 saturated heterocycles. The van der Waals surface area contributed by atoms with Gasteiger partial charge in [0.25, 0.3) is 0 Å². The molecule has 0 bridgehead atoms. The highest BCUT2D eigenvalue weighted by molar-refractivity contribution is 5.47. The molecule has 0 spiro atoms. The first kappa shape index (κ1) is 14.5. The van der Waals surface area contributed by atoms with Gasteiger partial charge < -0.3 is 5.32 Å². The van der Waals surface area contributed by atoms with E-state index in [1.165, 1.54) is 44.9 Å². The molecule has 1 radical (unpaired) electrons. The van der Waals surface area contributed by atoms with Crippen LogP contribution in [0.4, 0.5) is 0 Å². The molecule has 0 fully saturated rings. The van der Waals surface area contributed by atoms with E-state index in [0.717, 1.165) is 12.8 Å². The molecular weight excluding hydrogens is 186 g/mol. The maximum atomic E-state index is 10.3. The highest BCUT2D eigenvalue weighted by atomic mass is 16.1. The zero-order valence-corrected chi connectivity index (χ0v) is 10.3. The van der Waals surface area contributed by atoms with Crippen LogP contribution in [0.2, 0.25) is 0 Å². The molecule has 1 atom stereocenters. The summed E-state index contributed by atoms with van der Waals surface area (Å²) in [4.78, 5) is 10.3. The first-order valence-electron chi connectivity index (χ1n) is 6.47. The number of unbranched alkanes of at least 4 members (excludes halogenated alkanes) is 5. The molecule has 0 aliphatic carbocycles. The van der Waals surface area contributed by atoms with Crippen molar-refractivity contribution in [2.24, 2.45) is 0 Å². The lowest BCUT2D eigenvalue weighted by molar-refractivity contribution is 0.450. The molecule has 15 heavy (non-hydrogen) atoms. The van der Waals surface area contributed by atoms with Gasteiger partial charge in [0.1, 0.15) is 0 Å². The Balaban J connectivity index is 3.42. The smallest absolute Gasteiger partial charge is 0.309 e. The van der Waals surface area contributed by atoms with Crippen LogP contribution < -0.4 is 5.32 Å². The summed E-state index contributed by atoms with van der Waals surface area (Å²) in [6.07, 6.45) is 13.0. The lowest BCUT2D eigenvalue weighted by atomic mass is 10.0. The minimum absolute atomic E-state index is 0.365. The Morgan fingerprint density at radius 2 is 1.53 bits per heavy atom. The zero-order chi connectivity index (χ0) is 11.4. The second-order valence-electron chi connectivity index (χ2n) is 4.29. The van der Waals surface area contributed by atoms with E-state index in [0.29, 0.717) is 6.04 Å². The van der Waals surface area contributed by atoms with Crippen LogP contribution in [0, 0.1) is 0 Å². The average molecular weight is 212 g/mol. The van der Waals surface area contributed by atoms with Crippen LogP contribution in [0.1, 0.15) is 71.6 Å². The van der Waals surface area contributed by atoms with E-state index in [1.54, 1.807) is 0 Å². The molecule has 1 amide bonds. The van der Waals surface area contributed by atoms with Gasteiger partial charge in [-0.2, -0.15) is 0 Å². The van der Waals surface area contributed by atoms with Crippen molar-refractivity contribution in [1.82, 2.24) is 5.32 Å². The van der Waals surface area contributed by atoms with Crippen molar-refractivity contribution >= 4 is 6.41 Å². The minimum Gasteiger partial charge on any atom is -0.345 e. The fourth-order valence-electron chi connectivity index (χ4n) is 1.82. The van der Waals surface area contributed by atoms with E-state index >= 15 is 0 Å².